The van der Waals surface area contributed by atoms with Crippen LogP contribution in [0.5, 0.6) is 5.75 Å². The number of nitrogens with zero attached hydrogens (tertiary/aromatic N) is 4. The number of aryl methyl sites for hydroxylation is 1. The molecule has 0 bridgehead atoms. The SMILES string of the molecule is Cl.Cl.Cl.Cn1c(=O)ccc2cc(OCCN(C/C=C/c3cccnc3)Cc3ccncc3)ccc21. The zero-order valence-corrected chi connectivity index (χ0v) is 21.8. The van der Waals surface area contributed by atoms with E-state index in [0.717, 1.165) is 41.9 Å². The zero-order valence-electron chi connectivity index (χ0n) is 19.3. The Balaban J connectivity index is 0.00000204. The monoisotopic (exact) mass is 534 g/mol. The number of pyridine rings is 3. The molecule has 6 nitrogen and oxygen atoms in total. The highest BCUT2D eigenvalue weighted by Gasteiger charge is 2.06. The highest BCUT2D eigenvalue weighted by atomic mass is 35.5. The van der Waals surface area contributed by atoms with E-state index in [4.69, 9.17) is 4.74 Å². The first kappa shape index (κ1) is 30.1. The van der Waals surface area contributed by atoms with Crippen molar-refractivity contribution in [3.8, 4) is 5.75 Å². The van der Waals surface area contributed by atoms with Crippen LogP contribution in [0.25, 0.3) is 17.0 Å². The lowest BCUT2D eigenvalue weighted by atomic mass is 10.2. The van der Waals surface area contributed by atoms with E-state index < -0.39 is 0 Å². The summed E-state index contributed by atoms with van der Waals surface area (Å²) in [6.07, 6.45) is 11.5. The van der Waals surface area contributed by atoms with Crippen LogP contribution in [-0.2, 0) is 13.6 Å². The summed E-state index contributed by atoms with van der Waals surface area (Å²) in [6.45, 7) is 2.93. The third-order valence-electron chi connectivity index (χ3n) is 5.29. The second-order valence-electron chi connectivity index (χ2n) is 7.58. The van der Waals surface area contributed by atoms with Crippen molar-refractivity contribution in [2.75, 3.05) is 19.7 Å². The van der Waals surface area contributed by atoms with Crippen molar-refractivity contribution in [2.45, 2.75) is 6.54 Å². The molecule has 0 aliphatic rings. The van der Waals surface area contributed by atoms with E-state index in [1.165, 1.54) is 5.56 Å². The topological polar surface area (TPSA) is 60.2 Å². The number of fused-ring (bicyclic) bond motifs is 1. The molecule has 0 N–H and O–H groups in total. The van der Waals surface area contributed by atoms with Gasteiger partial charge in [0.25, 0.3) is 5.56 Å². The van der Waals surface area contributed by atoms with Crippen LogP contribution in [0.4, 0.5) is 0 Å². The first-order valence-corrected chi connectivity index (χ1v) is 10.6. The minimum Gasteiger partial charge on any atom is -0.492 e. The van der Waals surface area contributed by atoms with E-state index >= 15 is 0 Å². The lowest BCUT2D eigenvalue weighted by Crippen LogP contribution is -2.28. The van der Waals surface area contributed by atoms with Gasteiger partial charge in [-0.1, -0.05) is 18.2 Å². The fraction of sp³-hybridized carbons (Fsp3) is 0.192. The van der Waals surface area contributed by atoms with E-state index in [-0.39, 0.29) is 42.8 Å². The van der Waals surface area contributed by atoms with Crippen molar-refractivity contribution in [1.29, 1.82) is 0 Å². The fourth-order valence-corrected chi connectivity index (χ4v) is 3.54. The Labute approximate surface area is 223 Å². The van der Waals surface area contributed by atoms with Crippen molar-refractivity contribution < 1.29 is 4.74 Å². The molecule has 9 heteroatoms. The first-order chi connectivity index (χ1) is 15.7. The summed E-state index contributed by atoms with van der Waals surface area (Å²) in [5.41, 5.74) is 3.17. The van der Waals surface area contributed by atoms with E-state index in [1.54, 1.807) is 23.9 Å². The van der Waals surface area contributed by atoms with Gasteiger partial charge in [0, 0.05) is 62.9 Å². The number of hydrogen-bond donors (Lipinski definition) is 0. The molecule has 0 fully saturated rings. The highest BCUT2D eigenvalue weighted by molar-refractivity contribution is 5.86. The van der Waals surface area contributed by atoms with Gasteiger partial charge in [-0.3, -0.25) is 19.7 Å². The van der Waals surface area contributed by atoms with Gasteiger partial charge in [0.2, 0.25) is 0 Å². The Morgan fingerprint density at radius 1 is 0.971 bits per heavy atom. The molecule has 4 rings (SSSR count). The Bertz CT molecular complexity index is 1250. The molecule has 0 unspecified atom stereocenters. The third-order valence-corrected chi connectivity index (χ3v) is 5.29. The standard InChI is InChI=1S/C26H26N4O2.3ClH/c1-29-25-8-7-24(18-23(25)6-9-26(29)31)32-17-16-30(20-22-10-13-27-14-11-22)15-3-5-21-4-2-12-28-19-21;;;/h2-14,18-19H,15-17,20H2,1H3;3*1H/b5-3+;;;. The Hall–Kier alpha value is -2.90. The molecular formula is C26H29Cl3N4O2. The van der Waals surface area contributed by atoms with Gasteiger partial charge in [0.15, 0.2) is 0 Å². The summed E-state index contributed by atoms with van der Waals surface area (Å²) in [5.74, 6) is 0.797. The lowest BCUT2D eigenvalue weighted by molar-refractivity contribution is 0.217. The van der Waals surface area contributed by atoms with Gasteiger partial charge >= 0.3 is 0 Å². The summed E-state index contributed by atoms with van der Waals surface area (Å²) in [6, 6.07) is 17.3. The summed E-state index contributed by atoms with van der Waals surface area (Å²) in [4.78, 5) is 22.4. The van der Waals surface area contributed by atoms with Crippen LogP contribution in [0.1, 0.15) is 11.1 Å². The maximum atomic E-state index is 11.8. The Morgan fingerprint density at radius 3 is 2.51 bits per heavy atom. The third kappa shape index (κ3) is 8.67. The van der Waals surface area contributed by atoms with Gasteiger partial charge in [0.05, 0.1) is 5.52 Å². The average molecular weight is 536 g/mol. The number of rotatable bonds is 9. The number of ether oxygens (including phenoxy) is 1. The minimum absolute atomic E-state index is 0. The number of benzene rings is 1. The van der Waals surface area contributed by atoms with Gasteiger partial charge in [-0.2, -0.15) is 0 Å². The molecule has 35 heavy (non-hydrogen) atoms. The summed E-state index contributed by atoms with van der Waals surface area (Å²) in [5, 5.41) is 0.984. The molecule has 0 spiro atoms. The molecule has 0 aliphatic carbocycles. The molecule has 0 saturated heterocycles. The second-order valence-corrected chi connectivity index (χ2v) is 7.58. The molecule has 0 radical (unpaired) electrons. The number of hydrogen-bond acceptors (Lipinski definition) is 5. The molecule has 0 atom stereocenters. The molecule has 3 aromatic heterocycles. The Kier molecular flexibility index (Phi) is 13.1. The predicted molar refractivity (Wildman–Crippen MR) is 149 cm³/mol. The molecule has 1 aromatic carbocycles. The molecule has 0 saturated carbocycles. The summed E-state index contributed by atoms with van der Waals surface area (Å²) < 4.78 is 7.68. The molecule has 0 amide bonds. The average Bonchev–Trinajstić information content (AvgIpc) is 2.83. The quantitative estimate of drug-likeness (QED) is 0.295. The van der Waals surface area contributed by atoms with Gasteiger partial charge in [-0.25, -0.2) is 0 Å². The van der Waals surface area contributed by atoms with E-state index in [0.29, 0.717) is 6.61 Å². The van der Waals surface area contributed by atoms with Crippen molar-refractivity contribution >= 4 is 54.2 Å². The van der Waals surface area contributed by atoms with Crippen LogP contribution >= 0.6 is 37.2 Å². The van der Waals surface area contributed by atoms with Crippen LogP contribution in [0.2, 0.25) is 0 Å². The van der Waals surface area contributed by atoms with Gasteiger partial charge in [-0.05, 0) is 53.6 Å². The predicted octanol–water partition coefficient (Wildman–Crippen LogP) is 5.19. The normalized spacial score (nSPS) is 10.5. The number of aromatic nitrogens is 3. The largest absolute Gasteiger partial charge is 0.492 e. The van der Waals surface area contributed by atoms with Crippen LogP contribution < -0.4 is 10.3 Å². The maximum Gasteiger partial charge on any atom is 0.250 e. The molecule has 0 aliphatic heterocycles. The summed E-state index contributed by atoms with van der Waals surface area (Å²) >= 11 is 0. The molecule has 4 aromatic rings. The fourth-order valence-electron chi connectivity index (χ4n) is 3.54. The van der Waals surface area contributed by atoms with E-state index in [1.807, 2.05) is 67.1 Å². The van der Waals surface area contributed by atoms with Crippen LogP contribution in [0, 0.1) is 0 Å². The van der Waals surface area contributed by atoms with Crippen molar-refractivity contribution in [3.05, 3.63) is 107 Å². The van der Waals surface area contributed by atoms with E-state index in [9.17, 15) is 4.79 Å². The molecular weight excluding hydrogens is 507 g/mol. The molecule has 186 valence electrons. The van der Waals surface area contributed by atoms with Gasteiger partial charge in [-0.15, -0.1) is 37.2 Å². The highest BCUT2D eigenvalue weighted by Crippen LogP contribution is 2.19. The van der Waals surface area contributed by atoms with Gasteiger partial charge in [0.1, 0.15) is 12.4 Å². The first-order valence-electron chi connectivity index (χ1n) is 10.6. The molecule has 3 heterocycles. The lowest BCUT2D eigenvalue weighted by Gasteiger charge is -2.21. The minimum atomic E-state index is -0.0164. The van der Waals surface area contributed by atoms with E-state index in [2.05, 4.69) is 27.0 Å². The smallest absolute Gasteiger partial charge is 0.250 e. The van der Waals surface area contributed by atoms with Crippen molar-refractivity contribution in [2.24, 2.45) is 7.05 Å². The van der Waals surface area contributed by atoms with Crippen LogP contribution in [-0.4, -0.2) is 39.1 Å². The van der Waals surface area contributed by atoms with Crippen molar-refractivity contribution in [3.63, 3.8) is 0 Å². The Morgan fingerprint density at radius 2 is 1.77 bits per heavy atom. The second kappa shape index (κ2) is 15.2. The number of halogens is 3. The van der Waals surface area contributed by atoms with Crippen LogP contribution in [0.15, 0.2) is 90.3 Å². The van der Waals surface area contributed by atoms with Crippen LogP contribution in [0.3, 0.4) is 0 Å². The van der Waals surface area contributed by atoms with Crippen molar-refractivity contribution in [1.82, 2.24) is 19.4 Å². The summed E-state index contributed by atoms with van der Waals surface area (Å²) in [7, 11) is 1.78. The van der Waals surface area contributed by atoms with Gasteiger partial charge < -0.3 is 9.30 Å². The maximum absolute atomic E-state index is 11.8. The zero-order chi connectivity index (χ0) is 22.2.